The van der Waals surface area contributed by atoms with E-state index in [0.29, 0.717) is 11.1 Å². The van der Waals surface area contributed by atoms with Crippen molar-refractivity contribution in [1.82, 2.24) is 0 Å². The highest BCUT2D eigenvalue weighted by atomic mass is 19.1. The van der Waals surface area contributed by atoms with Gasteiger partial charge in [-0.1, -0.05) is 24.3 Å². The van der Waals surface area contributed by atoms with E-state index in [0.717, 1.165) is 0 Å². The second-order valence-electron chi connectivity index (χ2n) is 2.80. The number of aliphatic hydroxyl groups excluding tert-OH is 1. The summed E-state index contributed by atoms with van der Waals surface area (Å²) in [5, 5.41) is 9.22. The zero-order valence-electron chi connectivity index (χ0n) is 6.20. The van der Waals surface area contributed by atoms with Gasteiger partial charge in [0.15, 0.2) is 12.0 Å². The molecular formula is C9H7FO2. The molecule has 0 amide bonds. The van der Waals surface area contributed by atoms with Gasteiger partial charge in [0, 0.05) is 5.56 Å². The Balaban J connectivity index is 2.59. The molecule has 1 N–H and O–H groups in total. The van der Waals surface area contributed by atoms with Crippen molar-refractivity contribution in [3.05, 3.63) is 35.4 Å². The number of halogens is 1. The molecule has 1 aromatic carbocycles. The Morgan fingerprint density at radius 2 is 2.00 bits per heavy atom. The first-order chi connectivity index (χ1) is 5.72. The Bertz CT molecular complexity index is 335. The molecule has 0 fully saturated rings. The van der Waals surface area contributed by atoms with Crippen molar-refractivity contribution < 1.29 is 14.3 Å². The highest BCUT2D eigenvalue weighted by Gasteiger charge is 2.38. The second kappa shape index (κ2) is 2.38. The number of carbonyl (C=O) groups is 1. The molecule has 1 aliphatic rings. The van der Waals surface area contributed by atoms with Gasteiger partial charge in [0.25, 0.3) is 0 Å². The number of hydrogen-bond acceptors (Lipinski definition) is 2. The number of hydrogen-bond donors (Lipinski definition) is 1. The van der Waals surface area contributed by atoms with E-state index in [1.807, 2.05) is 0 Å². The zero-order valence-corrected chi connectivity index (χ0v) is 6.20. The van der Waals surface area contributed by atoms with Crippen LogP contribution in [0.3, 0.4) is 0 Å². The van der Waals surface area contributed by atoms with Gasteiger partial charge in [0.2, 0.25) is 0 Å². The highest BCUT2D eigenvalue weighted by Crippen LogP contribution is 2.32. The molecule has 62 valence electrons. The summed E-state index contributed by atoms with van der Waals surface area (Å²) in [5.41, 5.74) is 0.701. The van der Waals surface area contributed by atoms with Crippen molar-refractivity contribution in [2.24, 2.45) is 0 Å². The van der Waals surface area contributed by atoms with Crippen molar-refractivity contribution in [3.63, 3.8) is 0 Å². The third kappa shape index (κ3) is 0.800. The summed E-state index contributed by atoms with van der Waals surface area (Å²) >= 11 is 0. The molecule has 0 bridgehead atoms. The molecule has 0 heterocycles. The third-order valence-corrected chi connectivity index (χ3v) is 2.07. The van der Waals surface area contributed by atoms with Crippen LogP contribution in [0.2, 0.25) is 0 Å². The number of ketones is 1. The maximum Gasteiger partial charge on any atom is 0.200 e. The number of fused-ring (bicyclic) bond motifs is 1. The maximum absolute atomic E-state index is 12.9. The Morgan fingerprint density at radius 3 is 2.67 bits per heavy atom. The number of benzene rings is 1. The lowest BCUT2D eigenvalue weighted by Crippen LogP contribution is -2.13. The minimum Gasteiger partial charge on any atom is -0.385 e. The minimum atomic E-state index is -1.78. The van der Waals surface area contributed by atoms with Crippen LogP contribution >= 0.6 is 0 Å². The fourth-order valence-corrected chi connectivity index (χ4v) is 1.43. The van der Waals surface area contributed by atoms with E-state index in [4.69, 9.17) is 0 Å². The Hall–Kier alpha value is -1.22. The van der Waals surface area contributed by atoms with Crippen LogP contribution in [0.5, 0.6) is 0 Å². The molecule has 2 rings (SSSR count). The molecule has 12 heavy (non-hydrogen) atoms. The molecule has 1 aromatic rings. The summed E-state index contributed by atoms with van der Waals surface area (Å²) < 4.78 is 12.9. The highest BCUT2D eigenvalue weighted by molar-refractivity contribution is 6.04. The molecule has 0 saturated carbocycles. The van der Waals surface area contributed by atoms with Gasteiger partial charge in [-0.25, -0.2) is 4.39 Å². The molecule has 0 radical (unpaired) electrons. The van der Waals surface area contributed by atoms with Gasteiger partial charge in [-0.05, 0) is 5.56 Å². The summed E-state index contributed by atoms with van der Waals surface area (Å²) in [6.07, 6.45) is -3.05. The third-order valence-electron chi connectivity index (χ3n) is 2.07. The van der Waals surface area contributed by atoms with Crippen molar-refractivity contribution in [2.75, 3.05) is 0 Å². The summed E-state index contributed by atoms with van der Waals surface area (Å²) in [4.78, 5) is 11.1. The van der Waals surface area contributed by atoms with E-state index in [-0.39, 0.29) is 0 Å². The number of aliphatic hydroxyl groups is 1. The standard InChI is InChI=1S/C9H7FO2/c10-7-8(11)5-3-1-2-4-6(5)9(7)12/h1-4,7-8,11H. The van der Waals surface area contributed by atoms with Crippen LogP contribution in [0.1, 0.15) is 22.0 Å². The predicted molar refractivity (Wildman–Crippen MR) is 40.6 cm³/mol. The smallest absolute Gasteiger partial charge is 0.200 e. The zero-order chi connectivity index (χ0) is 8.72. The minimum absolute atomic E-state index is 0.303. The number of alkyl halides is 1. The largest absolute Gasteiger partial charge is 0.385 e. The number of Topliss-reactive ketones (excluding diaryl/α,β-unsaturated/α-hetero) is 1. The van der Waals surface area contributed by atoms with Gasteiger partial charge in [-0.15, -0.1) is 0 Å². The topological polar surface area (TPSA) is 37.3 Å². The van der Waals surface area contributed by atoms with Crippen LogP contribution in [0.25, 0.3) is 0 Å². The Labute approximate surface area is 68.6 Å². The van der Waals surface area contributed by atoms with E-state index in [9.17, 15) is 14.3 Å². The molecule has 0 aliphatic heterocycles. The predicted octanol–water partition coefficient (Wildman–Crippen LogP) is 1.25. The van der Waals surface area contributed by atoms with Gasteiger partial charge >= 0.3 is 0 Å². The molecule has 2 atom stereocenters. The molecule has 0 aromatic heterocycles. The van der Waals surface area contributed by atoms with Crippen LogP contribution in [0.15, 0.2) is 24.3 Å². The van der Waals surface area contributed by atoms with Crippen LogP contribution in [-0.4, -0.2) is 17.1 Å². The first-order valence-electron chi connectivity index (χ1n) is 3.67. The van der Waals surface area contributed by atoms with Gasteiger partial charge < -0.3 is 5.11 Å². The molecule has 2 unspecified atom stereocenters. The van der Waals surface area contributed by atoms with Crippen LogP contribution in [0.4, 0.5) is 4.39 Å². The fraction of sp³-hybridized carbons (Fsp3) is 0.222. The van der Waals surface area contributed by atoms with Crippen molar-refractivity contribution in [2.45, 2.75) is 12.3 Å². The number of rotatable bonds is 0. The maximum atomic E-state index is 12.9. The molecule has 3 heteroatoms. The SMILES string of the molecule is O=C1c2ccccc2C(O)C1F. The monoisotopic (exact) mass is 166 g/mol. The summed E-state index contributed by atoms with van der Waals surface area (Å²) in [6.45, 7) is 0. The normalized spacial score (nSPS) is 27.3. The lowest BCUT2D eigenvalue weighted by Gasteiger charge is -2.02. The molecule has 1 aliphatic carbocycles. The van der Waals surface area contributed by atoms with Crippen molar-refractivity contribution in [3.8, 4) is 0 Å². The molecule has 2 nitrogen and oxygen atoms in total. The lowest BCUT2D eigenvalue weighted by atomic mass is 10.1. The summed E-state index contributed by atoms with van der Waals surface area (Å²) in [7, 11) is 0. The van der Waals surface area contributed by atoms with Gasteiger partial charge in [-0.3, -0.25) is 4.79 Å². The first-order valence-corrected chi connectivity index (χ1v) is 3.67. The lowest BCUT2D eigenvalue weighted by molar-refractivity contribution is 0.0638. The average molecular weight is 166 g/mol. The van der Waals surface area contributed by atoms with Crippen LogP contribution < -0.4 is 0 Å². The average Bonchev–Trinajstić information content (AvgIpc) is 2.33. The van der Waals surface area contributed by atoms with Crippen LogP contribution in [-0.2, 0) is 0 Å². The van der Waals surface area contributed by atoms with Gasteiger partial charge in [0.1, 0.15) is 6.10 Å². The fourth-order valence-electron chi connectivity index (χ4n) is 1.43. The Kier molecular flexibility index (Phi) is 1.48. The van der Waals surface area contributed by atoms with E-state index < -0.39 is 18.1 Å². The van der Waals surface area contributed by atoms with Crippen LogP contribution in [0, 0.1) is 0 Å². The van der Waals surface area contributed by atoms with E-state index in [1.54, 1.807) is 18.2 Å². The van der Waals surface area contributed by atoms with Gasteiger partial charge in [-0.2, -0.15) is 0 Å². The van der Waals surface area contributed by atoms with Gasteiger partial charge in [0.05, 0.1) is 0 Å². The summed E-state index contributed by atoms with van der Waals surface area (Å²) in [6, 6.07) is 6.42. The quantitative estimate of drug-likeness (QED) is 0.629. The Morgan fingerprint density at radius 1 is 1.33 bits per heavy atom. The van der Waals surface area contributed by atoms with E-state index >= 15 is 0 Å². The molecular weight excluding hydrogens is 159 g/mol. The van der Waals surface area contributed by atoms with Crippen molar-refractivity contribution in [1.29, 1.82) is 0 Å². The van der Waals surface area contributed by atoms with E-state index in [1.165, 1.54) is 6.07 Å². The second-order valence-corrected chi connectivity index (χ2v) is 2.80. The van der Waals surface area contributed by atoms with Crippen molar-refractivity contribution >= 4 is 5.78 Å². The van der Waals surface area contributed by atoms with E-state index in [2.05, 4.69) is 0 Å². The number of carbonyl (C=O) groups excluding carboxylic acids is 1. The molecule has 0 spiro atoms. The molecule has 0 saturated heterocycles. The summed E-state index contributed by atoms with van der Waals surface area (Å²) in [5.74, 6) is -0.613. The first kappa shape index (κ1) is 7.43.